The Balaban J connectivity index is 1.72. The fraction of sp³-hybridized carbons (Fsp3) is 0.471. The van der Waals surface area contributed by atoms with Crippen LogP contribution in [0.3, 0.4) is 0 Å². The number of rotatable bonds is 4. The number of benzene rings is 1. The van der Waals surface area contributed by atoms with Crippen LogP contribution in [0.5, 0.6) is 0 Å². The van der Waals surface area contributed by atoms with Gasteiger partial charge in [0, 0.05) is 11.4 Å². The molecule has 0 aliphatic heterocycles. The van der Waals surface area contributed by atoms with Crippen molar-refractivity contribution < 1.29 is 9.21 Å². The van der Waals surface area contributed by atoms with Gasteiger partial charge in [-0.15, -0.1) is 0 Å². The van der Waals surface area contributed by atoms with Crippen molar-refractivity contribution in [3.8, 4) is 0 Å². The molecule has 1 aromatic heterocycles. The first kappa shape index (κ1) is 13.4. The van der Waals surface area contributed by atoms with Crippen LogP contribution in [-0.2, 0) is 0 Å². The number of para-hydroxylation sites is 1. The van der Waals surface area contributed by atoms with Crippen LogP contribution in [0.25, 0.3) is 11.0 Å². The number of Topliss-reactive ketones (excluding diaryl/α,β-unsaturated/α-hetero) is 1. The van der Waals surface area contributed by atoms with E-state index in [2.05, 4.69) is 11.9 Å². The van der Waals surface area contributed by atoms with Crippen molar-refractivity contribution in [2.45, 2.75) is 38.1 Å². The molecule has 1 aliphatic rings. The number of carbonyl (C=O) groups is 1. The zero-order valence-corrected chi connectivity index (χ0v) is 12.0. The zero-order chi connectivity index (χ0) is 13.9. The SMILES string of the molecule is CN(CC(=O)c1coc2ccccc12)C1CCCCC1. The summed E-state index contributed by atoms with van der Waals surface area (Å²) in [4.78, 5) is 14.7. The van der Waals surface area contributed by atoms with Gasteiger partial charge in [-0.3, -0.25) is 9.69 Å². The van der Waals surface area contributed by atoms with Crippen molar-refractivity contribution in [1.29, 1.82) is 0 Å². The molecule has 0 N–H and O–H groups in total. The van der Waals surface area contributed by atoms with Gasteiger partial charge in [0.25, 0.3) is 0 Å². The zero-order valence-electron chi connectivity index (χ0n) is 12.0. The molecule has 0 unspecified atom stereocenters. The smallest absolute Gasteiger partial charge is 0.180 e. The Bertz CT molecular complexity index is 596. The van der Waals surface area contributed by atoms with Crippen molar-refractivity contribution in [2.24, 2.45) is 0 Å². The third-order valence-electron chi connectivity index (χ3n) is 4.37. The van der Waals surface area contributed by atoms with Gasteiger partial charge in [-0.2, -0.15) is 0 Å². The molecule has 0 amide bonds. The second kappa shape index (κ2) is 5.80. The van der Waals surface area contributed by atoms with Crippen LogP contribution in [0.1, 0.15) is 42.5 Å². The maximum absolute atomic E-state index is 12.5. The summed E-state index contributed by atoms with van der Waals surface area (Å²) < 4.78 is 5.46. The van der Waals surface area contributed by atoms with E-state index < -0.39 is 0 Å². The van der Waals surface area contributed by atoms with E-state index >= 15 is 0 Å². The van der Waals surface area contributed by atoms with Gasteiger partial charge >= 0.3 is 0 Å². The topological polar surface area (TPSA) is 33.5 Å². The summed E-state index contributed by atoms with van der Waals surface area (Å²) in [6.07, 6.45) is 7.95. The van der Waals surface area contributed by atoms with E-state index in [-0.39, 0.29) is 5.78 Å². The monoisotopic (exact) mass is 271 g/mol. The fourth-order valence-electron chi connectivity index (χ4n) is 3.16. The minimum absolute atomic E-state index is 0.156. The summed E-state index contributed by atoms with van der Waals surface area (Å²) in [7, 11) is 2.07. The third-order valence-corrected chi connectivity index (χ3v) is 4.37. The van der Waals surface area contributed by atoms with Crippen LogP contribution in [0.15, 0.2) is 34.9 Å². The average molecular weight is 271 g/mol. The highest BCUT2D eigenvalue weighted by Gasteiger charge is 2.21. The molecule has 0 spiro atoms. The van der Waals surface area contributed by atoms with Crippen LogP contribution in [0.4, 0.5) is 0 Å². The highest BCUT2D eigenvalue weighted by molar-refractivity contribution is 6.08. The van der Waals surface area contributed by atoms with Crippen molar-refractivity contribution >= 4 is 16.8 Å². The summed E-state index contributed by atoms with van der Waals surface area (Å²) in [5, 5.41) is 0.926. The van der Waals surface area contributed by atoms with Crippen LogP contribution in [0, 0.1) is 0 Å². The van der Waals surface area contributed by atoms with Gasteiger partial charge in [-0.1, -0.05) is 37.5 Å². The number of ketones is 1. The summed E-state index contributed by atoms with van der Waals surface area (Å²) in [6, 6.07) is 8.28. The van der Waals surface area contributed by atoms with Gasteiger partial charge in [0.15, 0.2) is 5.78 Å². The van der Waals surface area contributed by atoms with Gasteiger partial charge < -0.3 is 4.42 Å². The molecular formula is C17H21NO2. The first-order valence-corrected chi connectivity index (χ1v) is 7.45. The van der Waals surface area contributed by atoms with Gasteiger partial charge in [0.2, 0.25) is 0 Å². The Morgan fingerprint density at radius 2 is 2.00 bits per heavy atom. The number of nitrogens with zero attached hydrogens (tertiary/aromatic N) is 1. The lowest BCUT2D eigenvalue weighted by Gasteiger charge is -2.30. The number of furan rings is 1. The van der Waals surface area contributed by atoms with Crippen molar-refractivity contribution in [2.75, 3.05) is 13.6 Å². The predicted octanol–water partition coefficient (Wildman–Crippen LogP) is 3.88. The molecule has 1 heterocycles. The minimum Gasteiger partial charge on any atom is -0.464 e. The van der Waals surface area contributed by atoms with E-state index in [0.717, 1.165) is 11.0 Å². The standard InChI is InChI=1S/C17H21NO2/c1-18(13-7-3-2-4-8-13)11-16(19)15-12-20-17-10-6-5-9-14(15)17/h5-6,9-10,12-13H,2-4,7-8,11H2,1H3. The Labute approximate surface area is 119 Å². The summed E-state index contributed by atoms with van der Waals surface area (Å²) in [5.41, 5.74) is 1.50. The second-order valence-electron chi connectivity index (χ2n) is 5.78. The lowest BCUT2D eigenvalue weighted by molar-refractivity contribution is 0.0900. The molecule has 1 fully saturated rings. The Kier molecular flexibility index (Phi) is 3.88. The van der Waals surface area contributed by atoms with E-state index in [0.29, 0.717) is 18.2 Å². The maximum Gasteiger partial charge on any atom is 0.180 e. The normalized spacial score (nSPS) is 16.9. The Hall–Kier alpha value is -1.61. The highest BCUT2D eigenvalue weighted by atomic mass is 16.3. The second-order valence-corrected chi connectivity index (χ2v) is 5.78. The predicted molar refractivity (Wildman–Crippen MR) is 80.0 cm³/mol. The van der Waals surface area contributed by atoms with E-state index in [1.165, 1.54) is 32.1 Å². The van der Waals surface area contributed by atoms with Crippen molar-refractivity contribution in [3.63, 3.8) is 0 Å². The number of hydrogen-bond acceptors (Lipinski definition) is 3. The van der Waals surface area contributed by atoms with Crippen LogP contribution >= 0.6 is 0 Å². The number of carbonyl (C=O) groups excluding carboxylic acids is 1. The lowest BCUT2D eigenvalue weighted by atomic mass is 9.94. The first-order chi connectivity index (χ1) is 9.75. The summed E-state index contributed by atoms with van der Waals surface area (Å²) in [5.74, 6) is 0.156. The molecule has 3 rings (SSSR count). The molecule has 0 saturated heterocycles. The van der Waals surface area contributed by atoms with Crippen LogP contribution < -0.4 is 0 Å². The first-order valence-electron chi connectivity index (χ1n) is 7.45. The number of fused-ring (bicyclic) bond motifs is 1. The molecule has 20 heavy (non-hydrogen) atoms. The highest BCUT2D eigenvalue weighted by Crippen LogP contribution is 2.24. The lowest BCUT2D eigenvalue weighted by Crippen LogP contribution is -2.37. The Morgan fingerprint density at radius 1 is 1.25 bits per heavy atom. The maximum atomic E-state index is 12.5. The molecule has 1 aromatic carbocycles. The molecule has 3 nitrogen and oxygen atoms in total. The van der Waals surface area contributed by atoms with Crippen LogP contribution in [0.2, 0.25) is 0 Å². The van der Waals surface area contributed by atoms with Gasteiger partial charge in [0.1, 0.15) is 11.8 Å². The summed E-state index contributed by atoms with van der Waals surface area (Å²) in [6.45, 7) is 0.480. The average Bonchev–Trinajstić information content (AvgIpc) is 2.92. The largest absolute Gasteiger partial charge is 0.464 e. The molecule has 0 radical (unpaired) electrons. The van der Waals surface area contributed by atoms with E-state index in [1.807, 2.05) is 24.3 Å². The van der Waals surface area contributed by atoms with E-state index in [1.54, 1.807) is 6.26 Å². The molecule has 3 heteroatoms. The van der Waals surface area contributed by atoms with Crippen molar-refractivity contribution in [1.82, 2.24) is 4.90 Å². The Morgan fingerprint density at radius 3 is 2.80 bits per heavy atom. The third kappa shape index (κ3) is 2.63. The molecule has 1 aliphatic carbocycles. The van der Waals surface area contributed by atoms with Crippen molar-refractivity contribution in [3.05, 3.63) is 36.1 Å². The number of likely N-dealkylation sites (N-methyl/N-ethyl adjacent to an activating group) is 1. The van der Waals surface area contributed by atoms with Gasteiger partial charge in [-0.25, -0.2) is 0 Å². The van der Waals surface area contributed by atoms with E-state index in [4.69, 9.17) is 4.42 Å². The summed E-state index contributed by atoms with van der Waals surface area (Å²) >= 11 is 0. The molecular weight excluding hydrogens is 250 g/mol. The molecule has 0 atom stereocenters. The van der Waals surface area contributed by atoms with Gasteiger partial charge in [-0.05, 0) is 26.0 Å². The quantitative estimate of drug-likeness (QED) is 0.791. The molecule has 1 saturated carbocycles. The molecule has 0 bridgehead atoms. The molecule has 106 valence electrons. The fourth-order valence-corrected chi connectivity index (χ4v) is 3.16. The van der Waals surface area contributed by atoms with Crippen LogP contribution in [-0.4, -0.2) is 30.3 Å². The van der Waals surface area contributed by atoms with Gasteiger partial charge in [0.05, 0.1) is 12.1 Å². The number of hydrogen-bond donors (Lipinski definition) is 0. The molecule has 2 aromatic rings. The van der Waals surface area contributed by atoms with E-state index in [9.17, 15) is 4.79 Å². The minimum atomic E-state index is 0.156.